The van der Waals surface area contributed by atoms with E-state index in [2.05, 4.69) is 15.3 Å². The van der Waals surface area contributed by atoms with Crippen molar-refractivity contribution in [1.82, 2.24) is 9.97 Å². The largest absolute Gasteiger partial charge is 0.370 e. The van der Waals surface area contributed by atoms with Crippen LogP contribution in [0.15, 0.2) is 18.2 Å². The molecule has 0 radical (unpaired) electrons. The van der Waals surface area contributed by atoms with Crippen molar-refractivity contribution in [2.45, 2.75) is 13.3 Å². The van der Waals surface area contributed by atoms with Gasteiger partial charge >= 0.3 is 0 Å². The number of nitrogens with zero attached hydrogens (tertiary/aromatic N) is 2. The highest BCUT2D eigenvalue weighted by molar-refractivity contribution is 6.31. The fraction of sp³-hybridized carbons (Fsp3) is 0.273. The molecule has 0 aliphatic rings. The number of halogens is 3. The molecule has 0 bridgehead atoms. The van der Waals surface area contributed by atoms with Gasteiger partial charge in [0.15, 0.2) is 5.82 Å². The molecule has 0 atom stereocenters. The van der Waals surface area contributed by atoms with Crippen LogP contribution in [-0.2, 0) is 0 Å². The number of anilines is 1. The van der Waals surface area contributed by atoms with E-state index in [1.807, 2.05) is 6.92 Å². The normalized spacial score (nSPS) is 11.1. The Hall–Kier alpha value is -1.49. The van der Waals surface area contributed by atoms with E-state index in [-0.39, 0.29) is 0 Å². The van der Waals surface area contributed by atoms with Gasteiger partial charge in [-0.05, 0) is 25.1 Å². The van der Waals surface area contributed by atoms with Crippen LogP contribution in [0.1, 0.15) is 19.2 Å². The number of benzene rings is 1. The molecule has 17 heavy (non-hydrogen) atoms. The first kappa shape index (κ1) is 12.0. The van der Waals surface area contributed by atoms with Gasteiger partial charge in [0.2, 0.25) is 0 Å². The van der Waals surface area contributed by atoms with Crippen molar-refractivity contribution in [3.8, 4) is 0 Å². The van der Waals surface area contributed by atoms with Crippen LogP contribution in [0.3, 0.4) is 0 Å². The summed E-state index contributed by atoms with van der Waals surface area (Å²) in [7, 11) is 0. The Kier molecular flexibility index (Phi) is 3.38. The SMILES string of the molecule is CCNc1nc(C(F)F)nc2ccc(Cl)cc12. The molecule has 0 amide bonds. The molecule has 2 aromatic rings. The second kappa shape index (κ2) is 4.79. The van der Waals surface area contributed by atoms with E-state index < -0.39 is 12.2 Å². The smallest absolute Gasteiger partial charge is 0.297 e. The molecule has 1 N–H and O–H groups in total. The minimum Gasteiger partial charge on any atom is -0.370 e. The van der Waals surface area contributed by atoms with Gasteiger partial charge in [-0.15, -0.1) is 0 Å². The van der Waals surface area contributed by atoms with Gasteiger partial charge in [-0.2, -0.15) is 0 Å². The Morgan fingerprint density at radius 1 is 1.35 bits per heavy atom. The minimum absolute atomic E-state index is 0.385. The van der Waals surface area contributed by atoms with Gasteiger partial charge < -0.3 is 5.32 Å². The van der Waals surface area contributed by atoms with Crippen LogP contribution >= 0.6 is 11.6 Å². The highest BCUT2D eigenvalue weighted by atomic mass is 35.5. The molecule has 0 saturated carbocycles. The van der Waals surface area contributed by atoms with Gasteiger partial charge in [0.05, 0.1) is 5.52 Å². The molecule has 1 aromatic heterocycles. The Labute approximate surface area is 102 Å². The van der Waals surface area contributed by atoms with Crippen molar-refractivity contribution in [1.29, 1.82) is 0 Å². The first-order valence-corrected chi connectivity index (χ1v) is 5.49. The standard InChI is InChI=1S/C11H10ClF2N3/c1-2-15-10-7-5-6(12)3-4-8(7)16-11(17-10)9(13)14/h3-5,9H,2H2,1H3,(H,15,16,17). The fourth-order valence-electron chi connectivity index (χ4n) is 1.52. The van der Waals surface area contributed by atoms with Gasteiger partial charge in [0, 0.05) is 17.0 Å². The van der Waals surface area contributed by atoms with E-state index in [9.17, 15) is 8.78 Å². The van der Waals surface area contributed by atoms with E-state index >= 15 is 0 Å². The van der Waals surface area contributed by atoms with Gasteiger partial charge in [0.1, 0.15) is 5.82 Å². The molecule has 0 aliphatic heterocycles. The summed E-state index contributed by atoms with van der Waals surface area (Å²) in [5.74, 6) is -0.0916. The molecule has 0 unspecified atom stereocenters. The van der Waals surface area contributed by atoms with E-state index in [4.69, 9.17) is 11.6 Å². The molecule has 0 spiro atoms. The third-order valence-electron chi connectivity index (χ3n) is 2.21. The summed E-state index contributed by atoms with van der Waals surface area (Å²) >= 11 is 5.86. The molecule has 1 heterocycles. The van der Waals surface area contributed by atoms with Crippen LogP contribution in [0.5, 0.6) is 0 Å². The van der Waals surface area contributed by atoms with E-state index in [0.717, 1.165) is 0 Å². The van der Waals surface area contributed by atoms with Crippen molar-refractivity contribution in [3.05, 3.63) is 29.0 Å². The van der Waals surface area contributed by atoms with Gasteiger partial charge in [0.25, 0.3) is 6.43 Å². The Morgan fingerprint density at radius 2 is 2.12 bits per heavy atom. The first-order chi connectivity index (χ1) is 8.11. The summed E-state index contributed by atoms with van der Waals surface area (Å²) in [5.41, 5.74) is 0.454. The molecule has 6 heteroatoms. The van der Waals surface area contributed by atoms with E-state index in [1.54, 1.807) is 18.2 Å². The van der Waals surface area contributed by atoms with Crippen molar-refractivity contribution >= 4 is 28.3 Å². The van der Waals surface area contributed by atoms with Crippen LogP contribution < -0.4 is 5.32 Å². The van der Waals surface area contributed by atoms with Crippen LogP contribution in [0.2, 0.25) is 5.02 Å². The molecule has 0 saturated heterocycles. The summed E-state index contributed by atoms with van der Waals surface area (Å²) in [5, 5.41) is 4.09. The Balaban J connectivity index is 2.67. The van der Waals surface area contributed by atoms with Gasteiger partial charge in [-0.25, -0.2) is 18.7 Å². The monoisotopic (exact) mass is 257 g/mol. The third kappa shape index (κ3) is 2.44. The maximum Gasteiger partial charge on any atom is 0.297 e. The minimum atomic E-state index is -2.69. The van der Waals surface area contributed by atoms with E-state index in [0.29, 0.717) is 28.3 Å². The van der Waals surface area contributed by atoms with Crippen LogP contribution in [-0.4, -0.2) is 16.5 Å². The predicted molar refractivity (Wildman–Crippen MR) is 63.7 cm³/mol. The maximum atomic E-state index is 12.6. The second-order valence-corrected chi connectivity index (χ2v) is 3.86. The highest BCUT2D eigenvalue weighted by Gasteiger charge is 2.14. The maximum absolute atomic E-state index is 12.6. The number of fused-ring (bicyclic) bond motifs is 1. The fourth-order valence-corrected chi connectivity index (χ4v) is 1.69. The third-order valence-corrected chi connectivity index (χ3v) is 2.45. The zero-order valence-electron chi connectivity index (χ0n) is 9.04. The zero-order valence-corrected chi connectivity index (χ0v) is 9.80. The molecular formula is C11H10ClF2N3. The zero-order chi connectivity index (χ0) is 12.4. The number of hydrogen-bond donors (Lipinski definition) is 1. The van der Waals surface area contributed by atoms with Crippen molar-refractivity contribution in [2.24, 2.45) is 0 Å². The summed E-state index contributed by atoms with van der Waals surface area (Å²) in [6.45, 7) is 2.45. The summed E-state index contributed by atoms with van der Waals surface area (Å²) in [6, 6.07) is 4.87. The molecule has 2 rings (SSSR count). The van der Waals surface area contributed by atoms with Crippen molar-refractivity contribution in [2.75, 3.05) is 11.9 Å². The highest BCUT2D eigenvalue weighted by Crippen LogP contribution is 2.26. The molecule has 0 aliphatic carbocycles. The lowest BCUT2D eigenvalue weighted by molar-refractivity contribution is 0.141. The molecule has 3 nitrogen and oxygen atoms in total. The Morgan fingerprint density at radius 3 is 2.76 bits per heavy atom. The summed E-state index contributed by atoms with van der Waals surface area (Å²) < 4.78 is 25.2. The molecule has 0 fully saturated rings. The number of rotatable bonds is 3. The quantitative estimate of drug-likeness (QED) is 0.912. The van der Waals surface area contributed by atoms with Crippen LogP contribution in [0.25, 0.3) is 10.9 Å². The average molecular weight is 258 g/mol. The molecular weight excluding hydrogens is 248 g/mol. The number of nitrogens with one attached hydrogen (secondary N) is 1. The number of hydrogen-bond acceptors (Lipinski definition) is 3. The number of alkyl halides is 2. The lowest BCUT2D eigenvalue weighted by Crippen LogP contribution is -2.05. The molecule has 1 aromatic carbocycles. The van der Waals surface area contributed by atoms with Gasteiger partial charge in [-0.1, -0.05) is 11.6 Å². The second-order valence-electron chi connectivity index (χ2n) is 3.42. The summed E-state index contributed by atoms with van der Waals surface area (Å²) in [4.78, 5) is 7.60. The predicted octanol–water partition coefficient (Wildman–Crippen LogP) is 3.65. The van der Waals surface area contributed by atoms with E-state index in [1.165, 1.54) is 0 Å². The van der Waals surface area contributed by atoms with Crippen molar-refractivity contribution in [3.63, 3.8) is 0 Å². The van der Waals surface area contributed by atoms with Crippen LogP contribution in [0.4, 0.5) is 14.6 Å². The Bertz CT molecular complexity index is 545. The lowest BCUT2D eigenvalue weighted by atomic mass is 10.2. The number of aromatic nitrogens is 2. The summed E-state index contributed by atoms with van der Waals surface area (Å²) in [6.07, 6.45) is -2.69. The lowest BCUT2D eigenvalue weighted by Gasteiger charge is -2.09. The van der Waals surface area contributed by atoms with Crippen LogP contribution in [0, 0.1) is 0 Å². The topological polar surface area (TPSA) is 37.8 Å². The average Bonchev–Trinajstić information content (AvgIpc) is 2.29. The van der Waals surface area contributed by atoms with Gasteiger partial charge in [-0.3, -0.25) is 0 Å². The van der Waals surface area contributed by atoms with Crippen molar-refractivity contribution < 1.29 is 8.78 Å². The molecule has 90 valence electrons. The first-order valence-electron chi connectivity index (χ1n) is 5.11.